The van der Waals surface area contributed by atoms with Gasteiger partial charge in [-0.2, -0.15) is 0 Å². The minimum Gasteiger partial charge on any atom is -0.353 e. The van der Waals surface area contributed by atoms with Crippen LogP contribution in [0.3, 0.4) is 0 Å². The summed E-state index contributed by atoms with van der Waals surface area (Å²) in [5, 5.41) is 0. The maximum absolute atomic E-state index is 5.69. The van der Waals surface area contributed by atoms with E-state index in [9.17, 15) is 0 Å². The first-order valence-corrected chi connectivity index (χ1v) is 6.23. The Balaban J connectivity index is 1.73. The van der Waals surface area contributed by atoms with E-state index < -0.39 is 5.79 Å². The second-order valence-electron chi connectivity index (χ2n) is 4.76. The number of rotatable bonds is 3. The summed E-state index contributed by atoms with van der Waals surface area (Å²) in [6.45, 7) is 6.46. The molecule has 0 bridgehead atoms. The Bertz CT molecular complexity index is 213. The molecule has 2 aliphatic heterocycles. The first kappa shape index (κ1) is 12.3. The van der Waals surface area contributed by atoms with Crippen LogP contribution < -0.4 is 0 Å². The van der Waals surface area contributed by atoms with Crippen molar-refractivity contribution in [1.82, 2.24) is 0 Å². The molecular weight excluding hydrogens is 208 g/mol. The summed E-state index contributed by atoms with van der Waals surface area (Å²) in [4.78, 5) is 0. The van der Waals surface area contributed by atoms with Crippen molar-refractivity contribution >= 4 is 0 Å². The van der Waals surface area contributed by atoms with Gasteiger partial charge >= 0.3 is 0 Å². The molecule has 0 amide bonds. The van der Waals surface area contributed by atoms with E-state index in [-0.39, 0.29) is 6.29 Å². The minimum atomic E-state index is -0.439. The van der Waals surface area contributed by atoms with Crippen molar-refractivity contribution in [3.8, 4) is 0 Å². The van der Waals surface area contributed by atoms with Gasteiger partial charge in [0.05, 0.1) is 25.9 Å². The van der Waals surface area contributed by atoms with Gasteiger partial charge in [-0.3, -0.25) is 0 Å². The van der Waals surface area contributed by atoms with Gasteiger partial charge in [-0.05, 0) is 26.7 Å². The van der Waals surface area contributed by atoms with Crippen molar-refractivity contribution in [2.24, 2.45) is 0 Å². The largest absolute Gasteiger partial charge is 0.353 e. The van der Waals surface area contributed by atoms with E-state index in [4.69, 9.17) is 18.9 Å². The molecule has 2 fully saturated rings. The first-order chi connectivity index (χ1) is 7.68. The molecule has 0 saturated carbocycles. The summed E-state index contributed by atoms with van der Waals surface area (Å²) in [6.07, 6.45) is 3.85. The lowest BCUT2D eigenvalue weighted by atomic mass is 10.1. The molecule has 4 heteroatoms. The Kier molecular flexibility index (Phi) is 4.19. The second kappa shape index (κ2) is 5.45. The van der Waals surface area contributed by atoms with E-state index in [0.717, 1.165) is 45.5 Å². The number of hydrogen-bond acceptors (Lipinski definition) is 4. The predicted octanol–water partition coefficient (Wildman–Crippen LogP) is 2.07. The van der Waals surface area contributed by atoms with Crippen molar-refractivity contribution in [3.05, 3.63) is 0 Å². The Morgan fingerprint density at radius 2 is 1.94 bits per heavy atom. The van der Waals surface area contributed by atoms with Crippen LogP contribution in [0.25, 0.3) is 0 Å². The molecule has 2 unspecified atom stereocenters. The van der Waals surface area contributed by atoms with Crippen LogP contribution in [0, 0.1) is 0 Å². The van der Waals surface area contributed by atoms with Gasteiger partial charge in [0.2, 0.25) is 0 Å². The average Bonchev–Trinajstić information content (AvgIpc) is 2.28. The number of ether oxygens (including phenoxy) is 4. The van der Waals surface area contributed by atoms with E-state index in [1.807, 2.05) is 6.92 Å². The molecule has 0 spiro atoms. The summed E-state index contributed by atoms with van der Waals surface area (Å²) < 4.78 is 22.5. The van der Waals surface area contributed by atoms with Crippen LogP contribution in [0.5, 0.6) is 0 Å². The van der Waals surface area contributed by atoms with Gasteiger partial charge in [0.25, 0.3) is 0 Å². The smallest absolute Gasteiger partial charge is 0.165 e. The predicted molar refractivity (Wildman–Crippen MR) is 59.1 cm³/mol. The van der Waals surface area contributed by atoms with Gasteiger partial charge in [-0.25, -0.2) is 0 Å². The van der Waals surface area contributed by atoms with Gasteiger partial charge in [0.15, 0.2) is 12.1 Å². The summed E-state index contributed by atoms with van der Waals surface area (Å²) in [6, 6.07) is 0. The summed E-state index contributed by atoms with van der Waals surface area (Å²) in [5.41, 5.74) is 0. The number of hydrogen-bond donors (Lipinski definition) is 0. The Morgan fingerprint density at radius 1 is 1.19 bits per heavy atom. The molecule has 0 aromatic heterocycles. The fourth-order valence-corrected chi connectivity index (χ4v) is 2.08. The van der Waals surface area contributed by atoms with Crippen LogP contribution in [0.15, 0.2) is 0 Å². The highest BCUT2D eigenvalue weighted by molar-refractivity contribution is 4.69. The van der Waals surface area contributed by atoms with Gasteiger partial charge < -0.3 is 18.9 Å². The molecular formula is C12H22O4. The Labute approximate surface area is 97.2 Å². The molecule has 16 heavy (non-hydrogen) atoms. The zero-order valence-electron chi connectivity index (χ0n) is 10.2. The molecule has 2 heterocycles. The lowest BCUT2D eigenvalue weighted by Gasteiger charge is -2.36. The van der Waals surface area contributed by atoms with E-state index in [1.165, 1.54) is 0 Å². The molecule has 0 aliphatic carbocycles. The van der Waals surface area contributed by atoms with Crippen molar-refractivity contribution in [3.63, 3.8) is 0 Å². The Morgan fingerprint density at radius 3 is 2.62 bits per heavy atom. The molecule has 0 N–H and O–H groups in total. The average molecular weight is 230 g/mol. The summed E-state index contributed by atoms with van der Waals surface area (Å²) in [5.74, 6) is -0.439. The molecule has 0 aromatic carbocycles. The SMILES string of the molecule is CC1CCOC(CCC2(C)OCCCO2)O1. The second-order valence-corrected chi connectivity index (χ2v) is 4.76. The molecule has 2 atom stereocenters. The van der Waals surface area contributed by atoms with Crippen molar-refractivity contribution in [2.75, 3.05) is 19.8 Å². The fourth-order valence-electron chi connectivity index (χ4n) is 2.08. The fraction of sp³-hybridized carbons (Fsp3) is 1.00. The van der Waals surface area contributed by atoms with Gasteiger partial charge in [0.1, 0.15) is 0 Å². The van der Waals surface area contributed by atoms with Crippen molar-refractivity contribution < 1.29 is 18.9 Å². The highest BCUT2D eigenvalue weighted by Gasteiger charge is 2.31. The van der Waals surface area contributed by atoms with Gasteiger partial charge in [0, 0.05) is 12.8 Å². The molecule has 0 radical (unpaired) electrons. The lowest BCUT2D eigenvalue weighted by molar-refractivity contribution is -0.272. The summed E-state index contributed by atoms with van der Waals surface area (Å²) in [7, 11) is 0. The van der Waals surface area contributed by atoms with E-state index in [0.29, 0.717) is 6.10 Å². The standard InChI is InChI=1S/C12H22O4/c1-10-5-9-13-11(16-10)4-6-12(2)14-7-3-8-15-12/h10-11H,3-9H2,1-2H3. The van der Waals surface area contributed by atoms with Crippen molar-refractivity contribution in [1.29, 1.82) is 0 Å². The highest BCUT2D eigenvalue weighted by atomic mass is 16.7. The van der Waals surface area contributed by atoms with E-state index in [1.54, 1.807) is 0 Å². The van der Waals surface area contributed by atoms with Crippen LogP contribution in [0.4, 0.5) is 0 Å². The third kappa shape index (κ3) is 3.42. The van der Waals surface area contributed by atoms with Crippen LogP contribution in [-0.4, -0.2) is 38.0 Å². The normalized spacial score (nSPS) is 34.9. The quantitative estimate of drug-likeness (QED) is 0.743. The van der Waals surface area contributed by atoms with E-state index in [2.05, 4.69) is 6.92 Å². The van der Waals surface area contributed by atoms with E-state index >= 15 is 0 Å². The van der Waals surface area contributed by atoms with Crippen LogP contribution in [-0.2, 0) is 18.9 Å². The zero-order chi connectivity index (χ0) is 11.4. The minimum absolute atomic E-state index is 0.0882. The Hall–Kier alpha value is -0.160. The van der Waals surface area contributed by atoms with Crippen LogP contribution >= 0.6 is 0 Å². The molecule has 2 saturated heterocycles. The summed E-state index contributed by atoms with van der Waals surface area (Å²) >= 11 is 0. The third-order valence-electron chi connectivity index (χ3n) is 3.15. The molecule has 2 aliphatic rings. The molecule has 4 nitrogen and oxygen atoms in total. The van der Waals surface area contributed by atoms with Gasteiger partial charge in [-0.15, -0.1) is 0 Å². The van der Waals surface area contributed by atoms with Crippen molar-refractivity contribution in [2.45, 2.75) is 57.7 Å². The zero-order valence-corrected chi connectivity index (χ0v) is 10.2. The lowest BCUT2D eigenvalue weighted by Crippen LogP contribution is -2.39. The van der Waals surface area contributed by atoms with Crippen LogP contribution in [0.1, 0.15) is 39.5 Å². The maximum atomic E-state index is 5.69. The molecule has 0 aromatic rings. The topological polar surface area (TPSA) is 36.9 Å². The first-order valence-electron chi connectivity index (χ1n) is 6.23. The van der Waals surface area contributed by atoms with Crippen LogP contribution in [0.2, 0.25) is 0 Å². The molecule has 94 valence electrons. The molecule has 2 rings (SSSR count). The monoisotopic (exact) mass is 230 g/mol. The van der Waals surface area contributed by atoms with Gasteiger partial charge in [-0.1, -0.05) is 0 Å². The highest BCUT2D eigenvalue weighted by Crippen LogP contribution is 2.26. The third-order valence-corrected chi connectivity index (χ3v) is 3.15. The maximum Gasteiger partial charge on any atom is 0.165 e.